The summed E-state index contributed by atoms with van der Waals surface area (Å²) in [5, 5.41) is 0. The van der Waals surface area contributed by atoms with Crippen LogP contribution in [0.2, 0.25) is 0 Å². The first kappa shape index (κ1) is 20.4. The Hall–Kier alpha value is -3.30. The predicted octanol–water partition coefficient (Wildman–Crippen LogP) is 6.16. The first-order chi connectivity index (χ1) is 13.5. The van der Waals surface area contributed by atoms with Gasteiger partial charge in [-0.25, -0.2) is 4.98 Å². The number of benzene rings is 2. The summed E-state index contributed by atoms with van der Waals surface area (Å²) in [6.07, 6.45) is -7.94. The molecule has 3 aromatic rings. The largest absolute Gasteiger partial charge is 0.573 e. The van der Waals surface area contributed by atoms with E-state index >= 15 is 0 Å². The molecule has 10 heteroatoms. The lowest BCUT2D eigenvalue weighted by atomic mass is 10.2. The summed E-state index contributed by atoms with van der Waals surface area (Å²) in [5.74, 6) is -0.337. The number of rotatable bonds is 4. The second-order valence-electron chi connectivity index (χ2n) is 5.88. The molecular formula is C19H12F6N2O2. The fourth-order valence-electron chi connectivity index (χ4n) is 2.32. The molecule has 0 atom stereocenters. The standard InChI is InChI=1S/C19H12F6N2O2/c1-11-10-26-16(12-5-7-14(8-6-12)29-19(23,24)25)27-17(11)28-15-4-2-3-13(9-15)18(20,21)22/h2-10H,1H3. The third kappa shape index (κ3) is 5.37. The van der Waals surface area contributed by atoms with E-state index in [2.05, 4.69) is 14.7 Å². The van der Waals surface area contributed by atoms with E-state index in [0.29, 0.717) is 11.1 Å². The van der Waals surface area contributed by atoms with Crippen molar-refractivity contribution in [2.24, 2.45) is 0 Å². The maximum atomic E-state index is 12.8. The maximum absolute atomic E-state index is 12.8. The molecule has 0 spiro atoms. The highest BCUT2D eigenvalue weighted by Crippen LogP contribution is 2.33. The van der Waals surface area contributed by atoms with Crippen LogP contribution in [0.15, 0.2) is 54.7 Å². The highest BCUT2D eigenvalue weighted by Gasteiger charge is 2.31. The molecule has 1 heterocycles. The topological polar surface area (TPSA) is 44.2 Å². The average Bonchev–Trinajstić information content (AvgIpc) is 2.62. The normalized spacial score (nSPS) is 12.0. The summed E-state index contributed by atoms with van der Waals surface area (Å²) >= 11 is 0. The minimum atomic E-state index is -4.81. The van der Waals surface area contributed by atoms with Crippen LogP contribution in [-0.4, -0.2) is 16.3 Å². The van der Waals surface area contributed by atoms with E-state index in [9.17, 15) is 26.3 Å². The summed E-state index contributed by atoms with van der Waals surface area (Å²) in [6, 6.07) is 9.13. The van der Waals surface area contributed by atoms with Crippen molar-refractivity contribution in [1.29, 1.82) is 0 Å². The highest BCUT2D eigenvalue weighted by atomic mass is 19.4. The molecule has 0 aliphatic rings. The monoisotopic (exact) mass is 414 g/mol. The molecule has 0 unspecified atom stereocenters. The van der Waals surface area contributed by atoms with Gasteiger partial charge in [-0.1, -0.05) is 6.07 Å². The van der Waals surface area contributed by atoms with E-state index in [1.54, 1.807) is 6.92 Å². The smallest absolute Gasteiger partial charge is 0.439 e. The van der Waals surface area contributed by atoms with Crippen LogP contribution >= 0.6 is 0 Å². The van der Waals surface area contributed by atoms with Crippen molar-refractivity contribution < 1.29 is 35.8 Å². The van der Waals surface area contributed by atoms with Gasteiger partial charge in [-0.15, -0.1) is 13.2 Å². The van der Waals surface area contributed by atoms with Crippen LogP contribution in [0.3, 0.4) is 0 Å². The van der Waals surface area contributed by atoms with Crippen LogP contribution in [0.5, 0.6) is 17.4 Å². The van der Waals surface area contributed by atoms with Gasteiger partial charge < -0.3 is 9.47 Å². The van der Waals surface area contributed by atoms with Gasteiger partial charge in [0.2, 0.25) is 5.88 Å². The van der Waals surface area contributed by atoms with E-state index in [-0.39, 0.29) is 17.5 Å². The van der Waals surface area contributed by atoms with Crippen LogP contribution in [0.4, 0.5) is 26.3 Å². The van der Waals surface area contributed by atoms with Crippen LogP contribution in [0.1, 0.15) is 11.1 Å². The van der Waals surface area contributed by atoms with Gasteiger partial charge in [-0.05, 0) is 49.4 Å². The summed E-state index contributed by atoms with van der Waals surface area (Å²) in [5.41, 5.74) is -0.0428. The third-order valence-electron chi connectivity index (χ3n) is 3.65. The molecule has 0 aliphatic carbocycles. The Bertz CT molecular complexity index is 1000. The molecule has 152 valence electrons. The summed E-state index contributed by atoms with van der Waals surface area (Å²) in [7, 11) is 0. The molecule has 0 saturated carbocycles. The lowest BCUT2D eigenvalue weighted by molar-refractivity contribution is -0.274. The third-order valence-corrected chi connectivity index (χ3v) is 3.65. The van der Waals surface area contributed by atoms with Gasteiger partial charge in [0, 0.05) is 17.3 Å². The summed E-state index contributed by atoms with van der Waals surface area (Å²) in [6.45, 7) is 1.60. The van der Waals surface area contributed by atoms with Crippen LogP contribution in [0, 0.1) is 6.92 Å². The molecule has 0 fully saturated rings. The Labute approximate surface area is 160 Å². The molecule has 2 aromatic carbocycles. The minimum Gasteiger partial charge on any atom is -0.439 e. The Balaban J connectivity index is 1.85. The second kappa shape index (κ2) is 7.61. The molecule has 0 N–H and O–H groups in total. The zero-order valence-electron chi connectivity index (χ0n) is 14.7. The van der Waals surface area contributed by atoms with Crippen molar-refractivity contribution >= 4 is 0 Å². The molecular weight excluding hydrogens is 402 g/mol. The average molecular weight is 414 g/mol. The second-order valence-corrected chi connectivity index (χ2v) is 5.88. The SMILES string of the molecule is Cc1cnc(-c2ccc(OC(F)(F)F)cc2)nc1Oc1cccc(C(F)(F)F)c1. The van der Waals surface area contributed by atoms with Crippen LogP contribution < -0.4 is 9.47 Å². The van der Waals surface area contributed by atoms with E-state index in [1.807, 2.05) is 0 Å². The van der Waals surface area contributed by atoms with Crippen molar-refractivity contribution in [3.8, 4) is 28.8 Å². The van der Waals surface area contributed by atoms with E-state index < -0.39 is 23.9 Å². The van der Waals surface area contributed by atoms with Gasteiger partial charge in [0.1, 0.15) is 11.5 Å². The number of ether oxygens (including phenoxy) is 2. The lowest BCUT2D eigenvalue weighted by Gasteiger charge is -2.12. The number of halogens is 6. The van der Waals surface area contributed by atoms with Crippen molar-refractivity contribution in [3.05, 3.63) is 65.9 Å². The van der Waals surface area contributed by atoms with Crippen LogP contribution in [0.25, 0.3) is 11.4 Å². The van der Waals surface area contributed by atoms with Gasteiger partial charge in [0.15, 0.2) is 5.82 Å². The maximum Gasteiger partial charge on any atom is 0.573 e. The fourth-order valence-corrected chi connectivity index (χ4v) is 2.32. The molecule has 29 heavy (non-hydrogen) atoms. The number of hydrogen-bond acceptors (Lipinski definition) is 4. The molecule has 0 saturated heterocycles. The number of aromatic nitrogens is 2. The first-order valence-electron chi connectivity index (χ1n) is 8.06. The molecule has 0 bridgehead atoms. The Morgan fingerprint density at radius 3 is 2.17 bits per heavy atom. The molecule has 1 aromatic heterocycles. The van der Waals surface area contributed by atoms with Gasteiger partial charge in [-0.3, -0.25) is 0 Å². The van der Waals surface area contributed by atoms with Crippen LogP contribution in [-0.2, 0) is 6.18 Å². The Kier molecular flexibility index (Phi) is 5.36. The van der Waals surface area contributed by atoms with Crippen molar-refractivity contribution in [1.82, 2.24) is 9.97 Å². The summed E-state index contributed by atoms with van der Waals surface area (Å²) in [4.78, 5) is 8.23. The van der Waals surface area contributed by atoms with Gasteiger partial charge >= 0.3 is 12.5 Å². The zero-order valence-corrected chi connectivity index (χ0v) is 14.7. The quantitative estimate of drug-likeness (QED) is 0.480. The Morgan fingerprint density at radius 1 is 0.862 bits per heavy atom. The predicted molar refractivity (Wildman–Crippen MR) is 90.4 cm³/mol. The van der Waals surface area contributed by atoms with Crippen molar-refractivity contribution in [2.45, 2.75) is 19.5 Å². The number of nitrogens with zero attached hydrogens (tertiary/aromatic N) is 2. The molecule has 3 rings (SSSR count). The summed E-state index contributed by atoms with van der Waals surface area (Å²) < 4.78 is 84.5. The van der Waals surface area contributed by atoms with E-state index in [0.717, 1.165) is 24.3 Å². The molecule has 4 nitrogen and oxygen atoms in total. The molecule has 0 radical (unpaired) electrons. The van der Waals surface area contributed by atoms with Gasteiger partial charge in [-0.2, -0.15) is 18.2 Å². The lowest BCUT2D eigenvalue weighted by Crippen LogP contribution is -2.16. The number of alkyl halides is 6. The van der Waals surface area contributed by atoms with E-state index in [4.69, 9.17) is 4.74 Å². The first-order valence-corrected chi connectivity index (χ1v) is 8.06. The zero-order chi connectivity index (χ0) is 21.2. The number of aryl methyl sites for hydroxylation is 1. The van der Waals surface area contributed by atoms with Crippen molar-refractivity contribution in [2.75, 3.05) is 0 Å². The Morgan fingerprint density at radius 2 is 1.55 bits per heavy atom. The number of hydrogen-bond donors (Lipinski definition) is 0. The van der Waals surface area contributed by atoms with Gasteiger partial charge in [0.25, 0.3) is 0 Å². The van der Waals surface area contributed by atoms with E-state index in [1.165, 1.54) is 30.5 Å². The molecule has 0 aliphatic heterocycles. The molecule has 0 amide bonds. The van der Waals surface area contributed by atoms with Crippen molar-refractivity contribution in [3.63, 3.8) is 0 Å². The van der Waals surface area contributed by atoms with Gasteiger partial charge in [0.05, 0.1) is 5.56 Å². The fraction of sp³-hybridized carbons (Fsp3) is 0.158. The minimum absolute atomic E-state index is 0.0185. The highest BCUT2D eigenvalue weighted by molar-refractivity contribution is 5.57.